The van der Waals surface area contributed by atoms with E-state index in [0.29, 0.717) is 17.4 Å². The molecule has 0 aromatic carbocycles. The molecule has 0 spiro atoms. The van der Waals surface area contributed by atoms with E-state index in [2.05, 4.69) is 32.4 Å². The number of anilines is 2. The molecule has 3 aromatic rings. The standard InChI is InChI=1S/C20H23FN6O2/c1-12-9-26(7-6-22-12)17-5-4-15(20(25-17)29-3)19(28)24-14-8-16(21)18-23-13(2)10-27(18)11-14/h4-5,8,10-12,22H,6-7,9H2,1-3H3,(H,24,28). The quantitative estimate of drug-likeness (QED) is 0.701. The molecule has 152 valence electrons. The molecule has 0 saturated carbocycles. The maximum Gasteiger partial charge on any atom is 0.261 e. The van der Waals surface area contributed by atoms with Gasteiger partial charge in [0.15, 0.2) is 11.5 Å². The zero-order valence-electron chi connectivity index (χ0n) is 16.6. The minimum Gasteiger partial charge on any atom is -0.480 e. The van der Waals surface area contributed by atoms with Crippen molar-refractivity contribution in [2.24, 2.45) is 0 Å². The number of aryl methyl sites for hydroxylation is 1. The number of rotatable bonds is 4. The SMILES string of the molecule is COc1nc(N2CCNC(C)C2)ccc1C(=O)Nc1cc(F)c2nc(C)cn2c1. The topological polar surface area (TPSA) is 83.8 Å². The summed E-state index contributed by atoms with van der Waals surface area (Å²) < 4.78 is 21.2. The molecule has 1 fully saturated rings. The Labute approximate surface area is 167 Å². The maximum absolute atomic E-state index is 14.3. The molecule has 1 aliphatic heterocycles. The highest BCUT2D eigenvalue weighted by Gasteiger charge is 2.21. The lowest BCUT2D eigenvalue weighted by Gasteiger charge is -2.32. The summed E-state index contributed by atoms with van der Waals surface area (Å²) in [6.07, 6.45) is 3.31. The lowest BCUT2D eigenvalue weighted by Crippen LogP contribution is -2.49. The van der Waals surface area contributed by atoms with Gasteiger partial charge in [0.25, 0.3) is 5.91 Å². The summed E-state index contributed by atoms with van der Waals surface area (Å²) in [7, 11) is 1.48. The van der Waals surface area contributed by atoms with Crippen LogP contribution in [0.15, 0.2) is 30.6 Å². The van der Waals surface area contributed by atoms with Crippen LogP contribution in [0.25, 0.3) is 5.65 Å². The highest BCUT2D eigenvalue weighted by molar-refractivity contribution is 6.06. The number of aromatic nitrogens is 3. The number of carbonyl (C=O) groups is 1. The summed E-state index contributed by atoms with van der Waals surface area (Å²) >= 11 is 0. The van der Waals surface area contributed by atoms with E-state index in [1.807, 2.05) is 0 Å². The molecule has 0 radical (unpaired) electrons. The Morgan fingerprint density at radius 3 is 2.93 bits per heavy atom. The number of methoxy groups -OCH3 is 1. The first-order valence-corrected chi connectivity index (χ1v) is 9.44. The first-order chi connectivity index (χ1) is 13.9. The molecule has 29 heavy (non-hydrogen) atoms. The lowest BCUT2D eigenvalue weighted by molar-refractivity contribution is 0.102. The van der Waals surface area contributed by atoms with Crippen molar-refractivity contribution in [3.05, 3.63) is 47.7 Å². The average Bonchev–Trinajstić information content (AvgIpc) is 3.08. The minimum absolute atomic E-state index is 0.217. The van der Waals surface area contributed by atoms with Crippen LogP contribution in [0.5, 0.6) is 5.88 Å². The van der Waals surface area contributed by atoms with Crippen molar-refractivity contribution in [1.82, 2.24) is 19.7 Å². The fraction of sp³-hybridized carbons (Fsp3) is 0.350. The molecule has 3 aromatic heterocycles. The smallest absolute Gasteiger partial charge is 0.261 e. The first-order valence-electron chi connectivity index (χ1n) is 9.44. The van der Waals surface area contributed by atoms with E-state index in [9.17, 15) is 9.18 Å². The van der Waals surface area contributed by atoms with Gasteiger partial charge in [0.1, 0.15) is 11.4 Å². The van der Waals surface area contributed by atoms with Crippen LogP contribution in [-0.4, -0.2) is 53.1 Å². The largest absolute Gasteiger partial charge is 0.480 e. The Hall–Kier alpha value is -3.20. The second kappa shape index (κ2) is 7.67. The number of hydrogen-bond donors (Lipinski definition) is 2. The second-order valence-electron chi connectivity index (χ2n) is 7.17. The zero-order valence-corrected chi connectivity index (χ0v) is 16.6. The van der Waals surface area contributed by atoms with E-state index >= 15 is 0 Å². The fourth-order valence-electron chi connectivity index (χ4n) is 3.52. The summed E-state index contributed by atoms with van der Waals surface area (Å²) in [5, 5.41) is 6.09. The van der Waals surface area contributed by atoms with Gasteiger partial charge in [-0.25, -0.2) is 9.37 Å². The number of nitrogens with zero attached hydrogens (tertiary/aromatic N) is 4. The molecule has 1 saturated heterocycles. The van der Waals surface area contributed by atoms with Crippen molar-refractivity contribution in [3.8, 4) is 5.88 Å². The van der Waals surface area contributed by atoms with Gasteiger partial charge >= 0.3 is 0 Å². The molecule has 0 aliphatic carbocycles. The van der Waals surface area contributed by atoms with Gasteiger partial charge in [-0.15, -0.1) is 0 Å². The van der Waals surface area contributed by atoms with Gasteiger partial charge in [0.05, 0.1) is 18.5 Å². The summed E-state index contributed by atoms with van der Waals surface area (Å²) in [6, 6.07) is 5.09. The van der Waals surface area contributed by atoms with Gasteiger partial charge in [0.2, 0.25) is 5.88 Å². The number of hydrogen-bond acceptors (Lipinski definition) is 6. The number of carbonyl (C=O) groups excluding carboxylic acids is 1. The molecule has 8 nitrogen and oxygen atoms in total. The van der Waals surface area contributed by atoms with Crippen molar-refractivity contribution in [2.45, 2.75) is 19.9 Å². The van der Waals surface area contributed by atoms with Gasteiger partial charge in [-0.05, 0) is 26.0 Å². The Bertz CT molecular complexity index is 1070. The van der Waals surface area contributed by atoms with Gasteiger partial charge < -0.3 is 24.7 Å². The van der Waals surface area contributed by atoms with Gasteiger partial charge in [0, 0.05) is 44.1 Å². The van der Waals surface area contributed by atoms with Crippen LogP contribution in [0.3, 0.4) is 0 Å². The molecule has 0 bridgehead atoms. The summed E-state index contributed by atoms with van der Waals surface area (Å²) in [5.74, 6) is 0.0497. The van der Waals surface area contributed by atoms with Crippen LogP contribution >= 0.6 is 0 Å². The van der Waals surface area contributed by atoms with Gasteiger partial charge in [-0.2, -0.15) is 4.98 Å². The number of pyridine rings is 2. The van der Waals surface area contributed by atoms with Crippen LogP contribution in [0.4, 0.5) is 15.9 Å². The van der Waals surface area contributed by atoms with Crippen molar-refractivity contribution in [2.75, 3.05) is 37.0 Å². The number of amides is 1. The van der Waals surface area contributed by atoms with E-state index in [1.165, 1.54) is 13.2 Å². The summed E-state index contributed by atoms with van der Waals surface area (Å²) in [4.78, 5) is 23.6. The number of ether oxygens (including phenoxy) is 1. The molecule has 1 unspecified atom stereocenters. The number of imidazole rings is 1. The third-order valence-corrected chi connectivity index (χ3v) is 4.86. The van der Waals surface area contributed by atoms with E-state index in [-0.39, 0.29) is 17.1 Å². The first kappa shape index (κ1) is 19.1. The van der Waals surface area contributed by atoms with E-state index in [0.717, 1.165) is 25.5 Å². The molecule has 2 N–H and O–H groups in total. The Balaban J connectivity index is 1.58. The molecule has 1 aliphatic rings. The minimum atomic E-state index is -0.510. The molecule has 1 amide bonds. The summed E-state index contributed by atoms with van der Waals surface area (Å²) in [5.41, 5.74) is 1.51. The maximum atomic E-state index is 14.3. The Kier molecular flexibility index (Phi) is 5.06. The van der Waals surface area contributed by atoms with Crippen LogP contribution in [0.2, 0.25) is 0 Å². The average molecular weight is 398 g/mol. The third-order valence-electron chi connectivity index (χ3n) is 4.86. The lowest BCUT2D eigenvalue weighted by atomic mass is 10.2. The van der Waals surface area contributed by atoms with Crippen LogP contribution < -0.4 is 20.3 Å². The highest BCUT2D eigenvalue weighted by Crippen LogP contribution is 2.24. The number of piperazine rings is 1. The van der Waals surface area contributed by atoms with Crippen molar-refractivity contribution in [3.63, 3.8) is 0 Å². The Morgan fingerprint density at radius 2 is 2.17 bits per heavy atom. The molecule has 1 atom stereocenters. The van der Waals surface area contributed by atoms with E-state index in [4.69, 9.17) is 4.74 Å². The monoisotopic (exact) mass is 398 g/mol. The van der Waals surface area contributed by atoms with E-state index < -0.39 is 11.7 Å². The second-order valence-corrected chi connectivity index (χ2v) is 7.17. The van der Waals surface area contributed by atoms with Gasteiger partial charge in [-0.3, -0.25) is 4.79 Å². The number of fused-ring (bicyclic) bond motifs is 1. The third kappa shape index (κ3) is 3.86. The number of nitrogens with one attached hydrogen (secondary N) is 2. The zero-order chi connectivity index (χ0) is 20.5. The molecule has 9 heteroatoms. The Morgan fingerprint density at radius 1 is 1.34 bits per heavy atom. The van der Waals surface area contributed by atoms with Crippen LogP contribution in [0.1, 0.15) is 23.0 Å². The van der Waals surface area contributed by atoms with Crippen molar-refractivity contribution < 1.29 is 13.9 Å². The van der Waals surface area contributed by atoms with Gasteiger partial charge in [-0.1, -0.05) is 0 Å². The van der Waals surface area contributed by atoms with Crippen molar-refractivity contribution in [1.29, 1.82) is 0 Å². The fourth-order valence-corrected chi connectivity index (χ4v) is 3.52. The van der Waals surface area contributed by atoms with Crippen molar-refractivity contribution >= 4 is 23.1 Å². The van der Waals surface area contributed by atoms with Crippen LogP contribution in [0, 0.1) is 12.7 Å². The van der Waals surface area contributed by atoms with E-state index in [1.54, 1.807) is 35.9 Å². The predicted molar refractivity (Wildman–Crippen MR) is 108 cm³/mol. The highest BCUT2D eigenvalue weighted by atomic mass is 19.1. The van der Waals surface area contributed by atoms with Crippen LogP contribution in [-0.2, 0) is 0 Å². The molecule has 4 rings (SSSR count). The molecular formula is C20H23FN6O2. The predicted octanol–water partition coefficient (Wildman–Crippen LogP) is 2.24. The number of halogens is 1. The normalized spacial score (nSPS) is 16.8. The molecule has 4 heterocycles. The molecular weight excluding hydrogens is 375 g/mol. The summed E-state index contributed by atoms with van der Waals surface area (Å²) in [6.45, 7) is 6.42.